The number of aliphatic hydroxyl groups excluding tert-OH is 1. The Balaban J connectivity index is 2.30. The van der Waals surface area contributed by atoms with E-state index in [1.807, 2.05) is 13.2 Å². The molecule has 1 N–H and O–H groups in total. The Morgan fingerprint density at radius 3 is 2.64 bits per heavy atom. The van der Waals surface area contributed by atoms with Crippen LogP contribution in [-0.4, -0.2) is 26.2 Å². The van der Waals surface area contributed by atoms with Crippen molar-refractivity contribution < 1.29 is 5.11 Å². The lowest BCUT2D eigenvalue weighted by Crippen LogP contribution is -2.11. The van der Waals surface area contributed by atoms with Crippen LogP contribution < -0.4 is 0 Å². The van der Waals surface area contributed by atoms with Gasteiger partial charge >= 0.3 is 0 Å². The fraction of sp³-hybridized carbons (Fsp3) is 0.800. The van der Waals surface area contributed by atoms with Crippen LogP contribution in [0.2, 0.25) is 0 Å². The van der Waals surface area contributed by atoms with Crippen LogP contribution in [0.4, 0.5) is 0 Å². The number of hydrogen-bond acceptors (Lipinski definition) is 3. The highest BCUT2D eigenvalue weighted by Gasteiger charge is 2.08. The van der Waals surface area contributed by atoms with E-state index < -0.39 is 0 Å². The molecular weight excluding hydrogens is 178 g/mol. The number of aromatic nitrogens is 3. The van der Waals surface area contributed by atoms with Crippen LogP contribution >= 0.6 is 0 Å². The summed E-state index contributed by atoms with van der Waals surface area (Å²) in [5.74, 6) is 0.645. The maximum atomic E-state index is 9.68. The predicted molar refractivity (Wildman–Crippen MR) is 54.8 cm³/mol. The average Bonchev–Trinajstić information content (AvgIpc) is 2.48. The van der Waals surface area contributed by atoms with Crippen molar-refractivity contribution in [1.29, 1.82) is 0 Å². The highest BCUT2D eigenvalue weighted by atomic mass is 16.3. The summed E-state index contributed by atoms with van der Waals surface area (Å²) in [6, 6.07) is 0. The molecule has 0 aliphatic rings. The van der Waals surface area contributed by atoms with Crippen molar-refractivity contribution in [3.8, 4) is 0 Å². The third-order valence-electron chi connectivity index (χ3n) is 2.17. The first-order valence-corrected chi connectivity index (χ1v) is 5.11. The molecule has 14 heavy (non-hydrogen) atoms. The first-order valence-electron chi connectivity index (χ1n) is 5.11. The molecule has 0 aliphatic heterocycles. The second kappa shape index (κ2) is 5.10. The molecule has 1 aromatic rings. The normalized spacial score (nSPS) is 13.5. The molecule has 0 spiro atoms. The van der Waals surface area contributed by atoms with Crippen LogP contribution in [0.1, 0.15) is 32.4 Å². The molecule has 4 heteroatoms. The van der Waals surface area contributed by atoms with Gasteiger partial charge in [0.2, 0.25) is 0 Å². The van der Waals surface area contributed by atoms with Crippen molar-refractivity contribution >= 4 is 0 Å². The molecule has 80 valence electrons. The third kappa shape index (κ3) is 3.87. The molecule has 0 saturated heterocycles. The van der Waals surface area contributed by atoms with Crippen LogP contribution in [0.15, 0.2) is 6.20 Å². The zero-order valence-electron chi connectivity index (χ0n) is 9.14. The Kier molecular flexibility index (Phi) is 4.07. The van der Waals surface area contributed by atoms with Crippen molar-refractivity contribution in [1.82, 2.24) is 15.0 Å². The van der Waals surface area contributed by atoms with Crippen LogP contribution in [0.5, 0.6) is 0 Å². The van der Waals surface area contributed by atoms with Crippen molar-refractivity contribution in [2.75, 3.05) is 0 Å². The summed E-state index contributed by atoms with van der Waals surface area (Å²) in [6.07, 6.45) is 4.07. The van der Waals surface area contributed by atoms with E-state index in [0.29, 0.717) is 12.3 Å². The van der Waals surface area contributed by atoms with Gasteiger partial charge in [0.1, 0.15) is 0 Å². The maximum absolute atomic E-state index is 9.68. The van der Waals surface area contributed by atoms with Crippen LogP contribution in [-0.2, 0) is 13.5 Å². The number of hydrogen-bond donors (Lipinski definition) is 1. The van der Waals surface area contributed by atoms with E-state index in [-0.39, 0.29) is 6.10 Å². The summed E-state index contributed by atoms with van der Waals surface area (Å²) >= 11 is 0. The average molecular weight is 197 g/mol. The lowest BCUT2D eigenvalue weighted by molar-refractivity contribution is 0.156. The van der Waals surface area contributed by atoms with Gasteiger partial charge in [0.05, 0.1) is 11.8 Å². The molecular formula is C10H19N3O. The molecule has 0 aromatic carbocycles. The van der Waals surface area contributed by atoms with Gasteiger partial charge in [0.15, 0.2) is 0 Å². The molecule has 1 unspecified atom stereocenters. The second-order valence-corrected chi connectivity index (χ2v) is 4.21. The molecule has 1 aromatic heterocycles. The van der Waals surface area contributed by atoms with Crippen LogP contribution in [0.3, 0.4) is 0 Å². The molecule has 1 heterocycles. The standard InChI is InChI=1S/C10H19N3O/c1-8(2)4-5-10(14)6-9-7-13(3)12-11-9/h7-8,10,14H,4-6H2,1-3H3. The van der Waals surface area contributed by atoms with Gasteiger partial charge in [-0.25, -0.2) is 0 Å². The van der Waals surface area contributed by atoms with Gasteiger partial charge in [0, 0.05) is 19.7 Å². The summed E-state index contributed by atoms with van der Waals surface area (Å²) in [4.78, 5) is 0. The second-order valence-electron chi connectivity index (χ2n) is 4.21. The Labute approximate surface area is 84.9 Å². The highest BCUT2D eigenvalue weighted by molar-refractivity contribution is 4.93. The van der Waals surface area contributed by atoms with Crippen LogP contribution in [0.25, 0.3) is 0 Å². The Hall–Kier alpha value is -0.900. The van der Waals surface area contributed by atoms with Gasteiger partial charge in [-0.3, -0.25) is 4.68 Å². The molecule has 1 rings (SSSR count). The van der Waals surface area contributed by atoms with Crippen molar-refractivity contribution in [2.45, 2.75) is 39.2 Å². The van der Waals surface area contributed by atoms with Gasteiger partial charge in [0.25, 0.3) is 0 Å². The number of aryl methyl sites for hydroxylation is 1. The molecule has 0 bridgehead atoms. The summed E-state index contributed by atoms with van der Waals surface area (Å²) in [7, 11) is 1.83. The first-order chi connectivity index (χ1) is 6.58. The van der Waals surface area contributed by atoms with Gasteiger partial charge in [-0.1, -0.05) is 19.1 Å². The van der Waals surface area contributed by atoms with Gasteiger partial charge in [-0.05, 0) is 18.8 Å². The van der Waals surface area contributed by atoms with Crippen molar-refractivity contribution in [3.05, 3.63) is 11.9 Å². The van der Waals surface area contributed by atoms with Crippen molar-refractivity contribution in [3.63, 3.8) is 0 Å². The fourth-order valence-corrected chi connectivity index (χ4v) is 1.36. The molecule has 1 atom stereocenters. The monoisotopic (exact) mass is 197 g/mol. The molecule has 0 radical (unpaired) electrons. The molecule has 4 nitrogen and oxygen atoms in total. The Morgan fingerprint density at radius 1 is 1.43 bits per heavy atom. The quantitative estimate of drug-likeness (QED) is 0.770. The minimum Gasteiger partial charge on any atom is -0.393 e. The number of aliphatic hydroxyl groups is 1. The van der Waals surface area contributed by atoms with E-state index in [1.54, 1.807) is 4.68 Å². The number of rotatable bonds is 5. The highest BCUT2D eigenvalue weighted by Crippen LogP contribution is 2.09. The largest absolute Gasteiger partial charge is 0.393 e. The summed E-state index contributed by atoms with van der Waals surface area (Å²) in [5.41, 5.74) is 0.865. The molecule has 0 amide bonds. The Bertz CT molecular complexity index is 270. The minimum absolute atomic E-state index is 0.283. The predicted octanol–water partition coefficient (Wildman–Crippen LogP) is 1.15. The van der Waals surface area contributed by atoms with E-state index in [0.717, 1.165) is 18.5 Å². The molecule has 0 fully saturated rings. The minimum atomic E-state index is -0.283. The lowest BCUT2D eigenvalue weighted by atomic mass is 10.0. The van der Waals surface area contributed by atoms with Crippen molar-refractivity contribution in [2.24, 2.45) is 13.0 Å². The molecule has 0 saturated carbocycles. The third-order valence-corrected chi connectivity index (χ3v) is 2.17. The topological polar surface area (TPSA) is 50.9 Å². The molecule has 0 aliphatic carbocycles. The SMILES string of the molecule is CC(C)CCC(O)Cc1cn(C)nn1. The van der Waals surface area contributed by atoms with Crippen LogP contribution in [0, 0.1) is 5.92 Å². The van der Waals surface area contributed by atoms with Gasteiger partial charge in [-0.15, -0.1) is 5.10 Å². The number of nitrogens with zero attached hydrogens (tertiary/aromatic N) is 3. The van der Waals surface area contributed by atoms with E-state index in [1.165, 1.54) is 0 Å². The van der Waals surface area contributed by atoms with E-state index in [9.17, 15) is 5.11 Å². The first kappa shape index (κ1) is 11.2. The van der Waals surface area contributed by atoms with E-state index in [2.05, 4.69) is 24.2 Å². The van der Waals surface area contributed by atoms with Gasteiger partial charge in [-0.2, -0.15) is 0 Å². The summed E-state index contributed by atoms with van der Waals surface area (Å²) in [5, 5.41) is 17.4. The summed E-state index contributed by atoms with van der Waals surface area (Å²) < 4.78 is 1.66. The van der Waals surface area contributed by atoms with E-state index >= 15 is 0 Å². The Morgan fingerprint density at radius 2 is 2.14 bits per heavy atom. The fourth-order valence-electron chi connectivity index (χ4n) is 1.36. The zero-order valence-corrected chi connectivity index (χ0v) is 9.14. The van der Waals surface area contributed by atoms with Gasteiger partial charge < -0.3 is 5.11 Å². The summed E-state index contributed by atoms with van der Waals surface area (Å²) in [6.45, 7) is 4.32. The lowest BCUT2D eigenvalue weighted by Gasteiger charge is -2.09. The smallest absolute Gasteiger partial charge is 0.0852 e. The van der Waals surface area contributed by atoms with E-state index in [4.69, 9.17) is 0 Å². The maximum Gasteiger partial charge on any atom is 0.0852 e. The zero-order chi connectivity index (χ0) is 10.6.